The fraction of sp³-hybridized carbons (Fsp3) is 0.524. The summed E-state index contributed by atoms with van der Waals surface area (Å²) in [4.78, 5) is 7.78. The number of likely N-dealkylation sites (tertiary alicyclic amines) is 1. The fourth-order valence-electron chi connectivity index (χ4n) is 4.05. The average Bonchev–Trinajstić information content (AvgIpc) is 3.24. The van der Waals surface area contributed by atoms with Crippen LogP contribution in [0.5, 0.6) is 11.6 Å². The van der Waals surface area contributed by atoms with Gasteiger partial charge < -0.3 is 14.7 Å². The summed E-state index contributed by atoms with van der Waals surface area (Å²) in [6.45, 7) is 9.21. The predicted octanol–water partition coefficient (Wildman–Crippen LogP) is 2.86. The predicted molar refractivity (Wildman–Crippen MR) is 110 cm³/mol. The van der Waals surface area contributed by atoms with Crippen molar-refractivity contribution in [3.05, 3.63) is 40.5 Å². The van der Waals surface area contributed by atoms with Crippen molar-refractivity contribution in [2.45, 2.75) is 46.1 Å². The van der Waals surface area contributed by atoms with E-state index in [1.54, 1.807) is 15.9 Å². The Labute approximate surface area is 169 Å². The lowest BCUT2D eigenvalue weighted by atomic mass is 9.95. The molecule has 2 aromatic heterocycles. The number of piperidine rings is 1. The van der Waals surface area contributed by atoms with Crippen molar-refractivity contribution >= 4 is 16.3 Å². The molecule has 1 saturated heterocycles. The first-order valence-electron chi connectivity index (χ1n) is 10.2. The molecule has 1 aliphatic heterocycles. The molecule has 0 radical (unpaired) electrons. The van der Waals surface area contributed by atoms with Crippen molar-refractivity contribution < 1.29 is 14.7 Å². The number of fused-ring (bicyclic) bond motifs is 1. The van der Waals surface area contributed by atoms with Crippen LogP contribution in [0.1, 0.15) is 55.9 Å². The fourth-order valence-corrected chi connectivity index (χ4v) is 5.21. The highest BCUT2D eigenvalue weighted by Gasteiger charge is 2.34. The first-order valence-corrected chi connectivity index (χ1v) is 11.1. The van der Waals surface area contributed by atoms with Gasteiger partial charge in [0.2, 0.25) is 10.8 Å². The molecular weight excluding hydrogens is 372 g/mol. The minimum Gasteiger partial charge on any atom is -0.494 e. The van der Waals surface area contributed by atoms with E-state index in [-0.39, 0.29) is 11.9 Å². The molecule has 0 amide bonds. The van der Waals surface area contributed by atoms with Crippen molar-refractivity contribution in [1.29, 1.82) is 0 Å². The van der Waals surface area contributed by atoms with E-state index in [2.05, 4.69) is 29.1 Å². The monoisotopic (exact) mass is 401 g/mol. The molecule has 150 valence electrons. The Kier molecular flexibility index (Phi) is 5.55. The number of benzene rings is 1. The standard InChI is InChI=1S/C21H28N4O2S/c1-4-17-22-21-25(23-17)20(26)19(28-21)18(24-12-10-14(3)11-13-24)15-6-8-16(9-7-15)27-5-2/h6-9,14,18,26H,4-5,10-13H2,1-3H3/p+1/t18-/m1/s1. The van der Waals surface area contributed by atoms with Crippen LogP contribution in [0.4, 0.5) is 0 Å². The number of quaternary nitrogens is 1. The molecule has 2 N–H and O–H groups in total. The summed E-state index contributed by atoms with van der Waals surface area (Å²) < 4.78 is 7.22. The highest BCUT2D eigenvalue weighted by atomic mass is 32.1. The summed E-state index contributed by atoms with van der Waals surface area (Å²) in [7, 11) is 0. The summed E-state index contributed by atoms with van der Waals surface area (Å²) in [5, 5.41) is 15.4. The number of hydrogen-bond donors (Lipinski definition) is 2. The van der Waals surface area contributed by atoms with Crippen LogP contribution >= 0.6 is 11.3 Å². The van der Waals surface area contributed by atoms with Crippen LogP contribution in [0.2, 0.25) is 0 Å². The summed E-state index contributed by atoms with van der Waals surface area (Å²) in [6, 6.07) is 8.41. The molecule has 4 rings (SSSR count). The smallest absolute Gasteiger partial charge is 0.235 e. The largest absolute Gasteiger partial charge is 0.494 e. The van der Waals surface area contributed by atoms with Crippen molar-refractivity contribution in [2.75, 3.05) is 19.7 Å². The Morgan fingerprint density at radius 1 is 1.25 bits per heavy atom. The van der Waals surface area contributed by atoms with Gasteiger partial charge in [0.05, 0.1) is 19.7 Å². The van der Waals surface area contributed by atoms with Gasteiger partial charge in [0.15, 0.2) is 11.9 Å². The zero-order chi connectivity index (χ0) is 19.7. The van der Waals surface area contributed by atoms with Crippen LogP contribution in [0.3, 0.4) is 0 Å². The quantitative estimate of drug-likeness (QED) is 0.667. The van der Waals surface area contributed by atoms with Crippen LogP contribution in [0.15, 0.2) is 24.3 Å². The van der Waals surface area contributed by atoms with Crippen LogP contribution < -0.4 is 9.64 Å². The number of rotatable bonds is 6. The highest BCUT2D eigenvalue weighted by molar-refractivity contribution is 7.17. The molecular formula is C21H29N4O2S+. The maximum absolute atomic E-state index is 11.0. The summed E-state index contributed by atoms with van der Waals surface area (Å²) in [6.07, 6.45) is 3.19. The summed E-state index contributed by atoms with van der Waals surface area (Å²) in [5.74, 6) is 2.65. The molecule has 7 heteroatoms. The Bertz CT molecular complexity index is 926. The number of ether oxygens (including phenoxy) is 1. The van der Waals surface area contributed by atoms with Gasteiger partial charge in [-0.1, -0.05) is 25.2 Å². The van der Waals surface area contributed by atoms with Gasteiger partial charge in [-0.25, -0.2) is 4.98 Å². The van der Waals surface area contributed by atoms with Crippen molar-refractivity contribution in [3.8, 4) is 11.6 Å². The molecule has 1 atom stereocenters. The van der Waals surface area contributed by atoms with E-state index in [1.165, 1.54) is 23.3 Å². The van der Waals surface area contributed by atoms with Crippen LogP contribution in [-0.2, 0) is 6.42 Å². The van der Waals surface area contributed by atoms with Crippen LogP contribution in [0, 0.1) is 5.92 Å². The maximum Gasteiger partial charge on any atom is 0.235 e. The Balaban J connectivity index is 1.74. The number of nitrogens with one attached hydrogen (secondary N) is 1. The third kappa shape index (κ3) is 3.61. The normalized spacial score (nSPS) is 21.1. The highest BCUT2D eigenvalue weighted by Crippen LogP contribution is 2.36. The topological polar surface area (TPSA) is 64.1 Å². The number of thiazole rings is 1. The van der Waals surface area contributed by atoms with Gasteiger partial charge in [0, 0.05) is 12.0 Å². The minimum atomic E-state index is 0.0850. The van der Waals surface area contributed by atoms with Gasteiger partial charge in [-0.2, -0.15) is 4.52 Å². The Morgan fingerprint density at radius 2 is 1.96 bits per heavy atom. The lowest BCUT2D eigenvalue weighted by Gasteiger charge is -2.33. The molecule has 0 unspecified atom stereocenters. The number of aryl methyl sites for hydroxylation is 1. The Hall–Kier alpha value is -2.12. The lowest BCUT2D eigenvalue weighted by molar-refractivity contribution is -0.931. The van der Waals surface area contributed by atoms with E-state index < -0.39 is 0 Å². The molecule has 3 aromatic rings. The number of nitrogens with zero attached hydrogens (tertiary/aromatic N) is 3. The van der Waals surface area contributed by atoms with E-state index in [4.69, 9.17) is 4.74 Å². The average molecular weight is 402 g/mol. The van der Waals surface area contributed by atoms with Gasteiger partial charge in [-0.05, 0) is 49.9 Å². The second-order valence-corrected chi connectivity index (χ2v) is 8.65. The summed E-state index contributed by atoms with van der Waals surface area (Å²) >= 11 is 1.56. The van der Waals surface area contributed by atoms with E-state index in [0.29, 0.717) is 6.61 Å². The Morgan fingerprint density at radius 3 is 2.57 bits per heavy atom. The van der Waals surface area contributed by atoms with Gasteiger partial charge in [-0.3, -0.25) is 0 Å². The van der Waals surface area contributed by atoms with Gasteiger partial charge in [-0.15, -0.1) is 5.10 Å². The number of aromatic nitrogens is 3. The minimum absolute atomic E-state index is 0.0850. The van der Waals surface area contributed by atoms with Gasteiger partial charge in [0.25, 0.3) is 0 Å². The van der Waals surface area contributed by atoms with Gasteiger partial charge >= 0.3 is 0 Å². The third-order valence-electron chi connectivity index (χ3n) is 5.67. The van der Waals surface area contributed by atoms with E-state index in [9.17, 15) is 5.11 Å². The summed E-state index contributed by atoms with van der Waals surface area (Å²) in [5.41, 5.74) is 1.20. The van der Waals surface area contributed by atoms with Crippen LogP contribution in [-0.4, -0.2) is 39.4 Å². The van der Waals surface area contributed by atoms with Crippen molar-refractivity contribution in [3.63, 3.8) is 0 Å². The molecule has 0 spiro atoms. The lowest BCUT2D eigenvalue weighted by Crippen LogP contribution is -3.13. The van der Waals surface area contributed by atoms with Crippen molar-refractivity contribution in [1.82, 2.24) is 14.6 Å². The first-order chi connectivity index (χ1) is 13.6. The van der Waals surface area contributed by atoms with Crippen molar-refractivity contribution in [2.24, 2.45) is 5.92 Å². The molecule has 0 aliphatic carbocycles. The first kappa shape index (κ1) is 19.2. The van der Waals surface area contributed by atoms with Crippen LogP contribution in [0.25, 0.3) is 4.96 Å². The molecule has 6 nitrogen and oxygen atoms in total. The molecule has 0 bridgehead atoms. The molecule has 1 aromatic carbocycles. The molecule has 1 aliphatic rings. The molecule has 0 saturated carbocycles. The van der Waals surface area contributed by atoms with E-state index >= 15 is 0 Å². The number of hydrogen-bond acceptors (Lipinski definition) is 5. The maximum atomic E-state index is 11.0. The zero-order valence-electron chi connectivity index (χ0n) is 16.8. The zero-order valence-corrected chi connectivity index (χ0v) is 17.6. The molecule has 28 heavy (non-hydrogen) atoms. The number of aromatic hydroxyl groups is 1. The molecule has 1 fully saturated rings. The van der Waals surface area contributed by atoms with E-state index in [1.807, 2.05) is 26.0 Å². The van der Waals surface area contributed by atoms with E-state index in [0.717, 1.165) is 46.8 Å². The molecule has 3 heterocycles. The SMILES string of the molecule is CCOc1ccc([C@H](c2sc3nc(CC)nn3c2O)[NH+]2CCC(C)CC2)cc1. The van der Waals surface area contributed by atoms with Gasteiger partial charge in [0.1, 0.15) is 10.6 Å². The third-order valence-corrected chi connectivity index (χ3v) is 6.76. The second kappa shape index (κ2) is 8.09. The second-order valence-electron chi connectivity index (χ2n) is 7.64.